The summed E-state index contributed by atoms with van der Waals surface area (Å²) in [6.45, 7) is 4.21. The lowest BCUT2D eigenvalue weighted by Gasteiger charge is -2.33. The molecular weight excluding hydrogens is 186 g/mol. The molecule has 4 heteroatoms. The Balaban J connectivity index is 2.51. The molecule has 1 saturated heterocycles. The molecule has 0 aliphatic carbocycles. The highest BCUT2D eigenvalue weighted by atomic mass is 32.2. The van der Waals surface area contributed by atoms with E-state index in [4.69, 9.17) is 0 Å². The van der Waals surface area contributed by atoms with Crippen molar-refractivity contribution >= 4 is 9.84 Å². The van der Waals surface area contributed by atoms with E-state index in [9.17, 15) is 8.42 Å². The SMILES string of the molecule is CC1CC(CS(C)(=O)=O)CN(C)C1. The number of piperidine rings is 1. The topological polar surface area (TPSA) is 37.4 Å². The van der Waals surface area contributed by atoms with Crippen LogP contribution in [-0.2, 0) is 9.84 Å². The third kappa shape index (κ3) is 4.09. The standard InChI is InChI=1S/C9H19NO2S/c1-8-4-9(6-10(2)5-8)7-13(3,11)12/h8-9H,4-7H2,1-3H3. The molecule has 1 aliphatic heterocycles. The Labute approximate surface area is 81.0 Å². The van der Waals surface area contributed by atoms with Gasteiger partial charge in [-0.1, -0.05) is 6.92 Å². The van der Waals surface area contributed by atoms with Crippen LogP contribution in [0.2, 0.25) is 0 Å². The molecule has 2 unspecified atom stereocenters. The van der Waals surface area contributed by atoms with Gasteiger partial charge in [0.2, 0.25) is 0 Å². The molecule has 0 N–H and O–H groups in total. The summed E-state index contributed by atoms with van der Waals surface area (Å²) >= 11 is 0. The highest BCUT2D eigenvalue weighted by molar-refractivity contribution is 7.90. The average Bonchev–Trinajstić information content (AvgIpc) is 1.78. The van der Waals surface area contributed by atoms with E-state index in [2.05, 4.69) is 18.9 Å². The second-order valence-corrected chi connectivity index (χ2v) is 6.71. The van der Waals surface area contributed by atoms with Gasteiger partial charge >= 0.3 is 0 Å². The summed E-state index contributed by atoms with van der Waals surface area (Å²) in [7, 11) is -0.737. The molecular formula is C9H19NO2S. The van der Waals surface area contributed by atoms with Gasteiger partial charge in [0.15, 0.2) is 0 Å². The molecule has 1 heterocycles. The van der Waals surface area contributed by atoms with Gasteiger partial charge in [-0.05, 0) is 25.3 Å². The molecule has 2 atom stereocenters. The Kier molecular flexibility index (Phi) is 3.35. The third-order valence-corrected chi connectivity index (χ3v) is 3.54. The van der Waals surface area contributed by atoms with Crippen LogP contribution in [0, 0.1) is 11.8 Å². The molecule has 1 aliphatic rings. The first kappa shape index (κ1) is 11.0. The van der Waals surface area contributed by atoms with Crippen molar-refractivity contribution in [3.63, 3.8) is 0 Å². The van der Waals surface area contributed by atoms with Crippen molar-refractivity contribution in [1.29, 1.82) is 0 Å². The molecule has 0 aromatic rings. The summed E-state index contributed by atoms with van der Waals surface area (Å²) in [4.78, 5) is 2.23. The minimum atomic E-state index is -2.80. The number of nitrogens with zero attached hydrogens (tertiary/aromatic N) is 1. The molecule has 0 bridgehead atoms. The van der Waals surface area contributed by atoms with Crippen LogP contribution in [0.5, 0.6) is 0 Å². The molecule has 1 rings (SSSR count). The van der Waals surface area contributed by atoms with Gasteiger partial charge in [0, 0.05) is 19.3 Å². The van der Waals surface area contributed by atoms with Crippen LogP contribution < -0.4 is 0 Å². The van der Waals surface area contributed by atoms with E-state index in [1.54, 1.807) is 0 Å². The monoisotopic (exact) mass is 205 g/mol. The molecule has 3 nitrogen and oxygen atoms in total. The quantitative estimate of drug-likeness (QED) is 0.663. The van der Waals surface area contributed by atoms with E-state index >= 15 is 0 Å². The highest BCUT2D eigenvalue weighted by Crippen LogP contribution is 2.21. The number of sulfone groups is 1. The second kappa shape index (κ2) is 3.96. The Morgan fingerprint density at radius 3 is 2.46 bits per heavy atom. The summed E-state index contributed by atoms with van der Waals surface area (Å²) < 4.78 is 22.2. The van der Waals surface area contributed by atoms with Crippen molar-refractivity contribution in [2.75, 3.05) is 32.1 Å². The van der Waals surface area contributed by atoms with Crippen molar-refractivity contribution < 1.29 is 8.42 Å². The van der Waals surface area contributed by atoms with Gasteiger partial charge in [0.05, 0.1) is 5.75 Å². The van der Waals surface area contributed by atoms with Crippen molar-refractivity contribution in [2.45, 2.75) is 13.3 Å². The van der Waals surface area contributed by atoms with Gasteiger partial charge in [-0.15, -0.1) is 0 Å². The largest absolute Gasteiger partial charge is 0.306 e. The van der Waals surface area contributed by atoms with Gasteiger partial charge in [0.25, 0.3) is 0 Å². The minimum absolute atomic E-state index is 0.337. The number of rotatable bonds is 2. The maximum absolute atomic E-state index is 11.1. The normalized spacial score (nSPS) is 31.9. The number of hydrogen-bond acceptors (Lipinski definition) is 3. The Bertz CT molecular complexity index is 251. The lowest BCUT2D eigenvalue weighted by atomic mass is 9.92. The molecule has 0 radical (unpaired) electrons. The summed E-state index contributed by atoms with van der Waals surface area (Å²) in [5.41, 5.74) is 0. The average molecular weight is 205 g/mol. The molecule has 0 aromatic heterocycles. The summed E-state index contributed by atoms with van der Waals surface area (Å²) in [6, 6.07) is 0. The van der Waals surface area contributed by atoms with E-state index in [0.29, 0.717) is 17.6 Å². The lowest BCUT2D eigenvalue weighted by Crippen LogP contribution is -2.39. The first-order valence-electron chi connectivity index (χ1n) is 4.73. The molecule has 13 heavy (non-hydrogen) atoms. The van der Waals surface area contributed by atoms with Gasteiger partial charge in [-0.3, -0.25) is 0 Å². The van der Waals surface area contributed by atoms with E-state index in [1.165, 1.54) is 6.26 Å². The molecule has 0 spiro atoms. The maximum Gasteiger partial charge on any atom is 0.147 e. The zero-order chi connectivity index (χ0) is 10.1. The third-order valence-electron chi connectivity index (χ3n) is 2.47. The fraction of sp³-hybridized carbons (Fsp3) is 1.00. The summed E-state index contributed by atoms with van der Waals surface area (Å²) in [5, 5.41) is 0. The van der Waals surface area contributed by atoms with Gasteiger partial charge in [-0.2, -0.15) is 0 Å². The van der Waals surface area contributed by atoms with Gasteiger partial charge in [0.1, 0.15) is 9.84 Å². The van der Waals surface area contributed by atoms with E-state index in [1.807, 2.05) is 0 Å². The number of likely N-dealkylation sites (tertiary alicyclic amines) is 1. The minimum Gasteiger partial charge on any atom is -0.306 e. The molecule has 0 aromatic carbocycles. The zero-order valence-corrected chi connectivity index (χ0v) is 9.47. The van der Waals surface area contributed by atoms with Crippen molar-refractivity contribution in [1.82, 2.24) is 4.90 Å². The predicted molar refractivity (Wildman–Crippen MR) is 54.5 cm³/mol. The second-order valence-electron chi connectivity index (χ2n) is 4.52. The van der Waals surface area contributed by atoms with Crippen molar-refractivity contribution in [3.05, 3.63) is 0 Å². The van der Waals surface area contributed by atoms with E-state index in [0.717, 1.165) is 19.5 Å². The molecule has 1 fully saturated rings. The first-order chi connectivity index (χ1) is 5.87. The Hall–Kier alpha value is -0.0900. The fourth-order valence-corrected chi connectivity index (χ4v) is 3.41. The molecule has 0 saturated carbocycles. The summed E-state index contributed by atoms with van der Waals surface area (Å²) in [6.07, 6.45) is 2.38. The Morgan fingerprint density at radius 2 is 2.00 bits per heavy atom. The van der Waals surface area contributed by atoms with Crippen LogP contribution in [0.25, 0.3) is 0 Å². The van der Waals surface area contributed by atoms with Crippen LogP contribution in [-0.4, -0.2) is 45.5 Å². The smallest absolute Gasteiger partial charge is 0.147 e. The first-order valence-corrected chi connectivity index (χ1v) is 6.79. The lowest BCUT2D eigenvalue weighted by molar-refractivity contribution is 0.172. The van der Waals surface area contributed by atoms with Crippen LogP contribution >= 0.6 is 0 Å². The van der Waals surface area contributed by atoms with Crippen LogP contribution in [0.4, 0.5) is 0 Å². The molecule has 0 amide bonds. The van der Waals surface area contributed by atoms with Gasteiger partial charge in [-0.25, -0.2) is 8.42 Å². The van der Waals surface area contributed by atoms with Crippen molar-refractivity contribution in [3.8, 4) is 0 Å². The predicted octanol–water partition coefficient (Wildman–Crippen LogP) is 0.619. The Morgan fingerprint density at radius 1 is 1.38 bits per heavy atom. The zero-order valence-electron chi connectivity index (χ0n) is 8.66. The maximum atomic E-state index is 11.1. The number of hydrogen-bond donors (Lipinski definition) is 0. The van der Waals surface area contributed by atoms with E-state index < -0.39 is 9.84 Å². The van der Waals surface area contributed by atoms with Gasteiger partial charge < -0.3 is 4.90 Å². The summed E-state index contributed by atoms with van der Waals surface area (Å²) in [5.74, 6) is 1.32. The van der Waals surface area contributed by atoms with Crippen LogP contribution in [0.15, 0.2) is 0 Å². The van der Waals surface area contributed by atoms with E-state index in [-0.39, 0.29) is 0 Å². The van der Waals surface area contributed by atoms with Crippen LogP contribution in [0.1, 0.15) is 13.3 Å². The molecule has 78 valence electrons. The van der Waals surface area contributed by atoms with Crippen LogP contribution in [0.3, 0.4) is 0 Å². The fourth-order valence-electron chi connectivity index (χ4n) is 2.31. The highest BCUT2D eigenvalue weighted by Gasteiger charge is 2.24. The van der Waals surface area contributed by atoms with Crippen molar-refractivity contribution in [2.24, 2.45) is 11.8 Å².